The van der Waals surface area contributed by atoms with Crippen molar-refractivity contribution in [3.63, 3.8) is 0 Å². The lowest BCUT2D eigenvalue weighted by Crippen LogP contribution is -2.40. The normalized spacial score (nSPS) is 16.7. The zero-order valence-corrected chi connectivity index (χ0v) is 12.1. The Morgan fingerprint density at radius 1 is 1.56 bits per heavy atom. The smallest absolute Gasteiger partial charge is 0.359 e. The maximum atomic E-state index is 11.8. The van der Waals surface area contributed by atoms with Crippen LogP contribution >= 0.6 is 12.4 Å². The predicted molar refractivity (Wildman–Crippen MR) is 71.1 cm³/mol. The third-order valence-corrected chi connectivity index (χ3v) is 3.12. The third-order valence-electron chi connectivity index (χ3n) is 3.12. The molecule has 0 atom stereocenters. The Hall–Kier alpha value is -1.07. The molecule has 0 unspecified atom stereocenters. The van der Waals surface area contributed by atoms with Gasteiger partial charge >= 0.3 is 5.97 Å². The minimum Gasteiger partial charge on any atom is -0.461 e. The third kappa shape index (κ3) is 2.37. The van der Waals surface area contributed by atoms with E-state index in [4.69, 9.17) is 4.74 Å². The second-order valence-electron chi connectivity index (χ2n) is 5.01. The summed E-state index contributed by atoms with van der Waals surface area (Å²) in [5.74, 6) is -0.330. The van der Waals surface area contributed by atoms with Gasteiger partial charge in [-0.2, -0.15) is 5.10 Å². The first-order chi connectivity index (χ1) is 7.97. The molecule has 0 radical (unpaired) electrons. The number of aromatic nitrogens is 2. The van der Waals surface area contributed by atoms with Gasteiger partial charge in [-0.3, -0.25) is 4.68 Å². The van der Waals surface area contributed by atoms with Gasteiger partial charge in [-0.25, -0.2) is 4.79 Å². The molecule has 18 heavy (non-hydrogen) atoms. The van der Waals surface area contributed by atoms with Gasteiger partial charge in [0.05, 0.1) is 12.3 Å². The van der Waals surface area contributed by atoms with E-state index in [9.17, 15) is 4.79 Å². The largest absolute Gasteiger partial charge is 0.461 e. The van der Waals surface area contributed by atoms with Crippen molar-refractivity contribution in [1.82, 2.24) is 15.1 Å². The predicted octanol–water partition coefficient (Wildman–Crippen LogP) is 1.40. The summed E-state index contributed by atoms with van der Waals surface area (Å²) in [4.78, 5) is 11.8. The standard InChI is InChI=1S/C12H19N3O2.ClH/c1-5-17-11(16)9-8-6-13-7-12(2,3)10(8)15(4)14-9;/h13H,5-7H2,1-4H3;1H. The Morgan fingerprint density at radius 2 is 2.22 bits per heavy atom. The maximum Gasteiger partial charge on any atom is 0.359 e. The molecule has 5 nitrogen and oxygen atoms in total. The van der Waals surface area contributed by atoms with Crippen molar-refractivity contribution >= 4 is 18.4 Å². The van der Waals surface area contributed by atoms with Crippen molar-refractivity contribution in [2.75, 3.05) is 13.2 Å². The van der Waals surface area contributed by atoms with E-state index in [0.717, 1.165) is 17.8 Å². The van der Waals surface area contributed by atoms with Crippen LogP contribution in [0.5, 0.6) is 0 Å². The van der Waals surface area contributed by atoms with E-state index in [1.807, 2.05) is 11.7 Å². The van der Waals surface area contributed by atoms with Gasteiger partial charge in [0.2, 0.25) is 0 Å². The van der Waals surface area contributed by atoms with Gasteiger partial charge < -0.3 is 10.1 Å². The second-order valence-corrected chi connectivity index (χ2v) is 5.01. The Balaban J connectivity index is 0.00000162. The van der Waals surface area contributed by atoms with Crippen molar-refractivity contribution in [1.29, 1.82) is 0 Å². The lowest BCUT2D eigenvalue weighted by atomic mass is 9.83. The van der Waals surface area contributed by atoms with E-state index in [2.05, 4.69) is 24.3 Å². The Kier molecular flexibility index (Phi) is 4.40. The second kappa shape index (κ2) is 5.28. The first-order valence-electron chi connectivity index (χ1n) is 5.91. The molecule has 1 aromatic rings. The van der Waals surface area contributed by atoms with Crippen LogP contribution in [0.25, 0.3) is 0 Å². The molecule has 0 saturated carbocycles. The number of hydrogen-bond donors (Lipinski definition) is 1. The summed E-state index contributed by atoms with van der Waals surface area (Å²) < 4.78 is 6.84. The molecule has 1 N–H and O–H groups in total. The molecule has 1 aliphatic heterocycles. The first-order valence-corrected chi connectivity index (χ1v) is 5.91. The van der Waals surface area contributed by atoms with Crippen LogP contribution in [0.4, 0.5) is 0 Å². The number of halogens is 1. The van der Waals surface area contributed by atoms with E-state index >= 15 is 0 Å². The molecular formula is C12H20ClN3O2. The molecule has 0 bridgehead atoms. The first kappa shape index (κ1) is 15.0. The number of nitrogens with zero attached hydrogens (tertiary/aromatic N) is 2. The van der Waals surface area contributed by atoms with Gasteiger partial charge in [0, 0.05) is 31.1 Å². The summed E-state index contributed by atoms with van der Waals surface area (Å²) in [6.07, 6.45) is 0. The number of carbonyl (C=O) groups excluding carboxylic acids is 1. The van der Waals surface area contributed by atoms with Gasteiger partial charge in [-0.05, 0) is 6.92 Å². The fourth-order valence-electron chi connectivity index (χ4n) is 2.53. The van der Waals surface area contributed by atoms with E-state index in [0.29, 0.717) is 18.8 Å². The van der Waals surface area contributed by atoms with Crippen LogP contribution in [-0.4, -0.2) is 28.9 Å². The number of hydrogen-bond acceptors (Lipinski definition) is 4. The molecule has 2 rings (SSSR count). The summed E-state index contributed by atoms with van der Waals surface area (Å²) in [7, 11) is 1.88. The van der Waals surface area contributed by atoms with Gasteiger partial charge in [0.25, 0.3) is 0 Å². The molecule has 102 valence electrons. The Bertz CT molecular complexity index is 454. The molecule has 1 aromatic heterocycles. The topological polar surface area (TPSA) is 56.1 Å². The minimum atomic E-state index is -0.330. The van der Waals surface area contributed by atoms with E-state index in [1.165, 1.54) is 0 Å². The van der Waals surface area contributed by atoms with Gasteiger partial charge in [-0.15, -0.1) is 12.4 Å². The number of fused-ring (bicyclic) bond motifs is 1. The quantitative estimate of drug-likeness (QED) is 0.828. The van der Waals surface area contributed by atoms with Gasteiger partial charge in [0.15, 0.2) is 5.69 Å². The number of nitrogens with one attached hydrogen (secondary N) is 1. The number of aryl methyl sites for hydroxylation is 1. The number of esters is 1. The highest BCUT2D eigenvalue weighted by Gasteiger charge is 2.35. The van der Waals surface area contributed by atoms with Crippen molar-refractivity contribution in [3.8, 4) is 0 Å². The molecule has 0 saturated heterocycles. The summed E-state index contributed by atoms with van der Waals surface area (Å²) in [5, 5.41) is 7.63. The van der Waals surface area contributed by atoms with Crippen molar-refractivity contribution < 1.29 is 9.53 Å². The van der Waals surface area contributed by atoms with Crippen LogP contribution in [-0.2, 0) is 23.7 Å². The molecule has 0 aromatic carbocycles. The highest BCUT2D eigenvalue weighted by atomic mass is 35.5. The Morgan fingerprint density at radius 3 is 2.83 bits per heavy atom. The lowest BCUT2D eigenvalue weighted by Gasteiger charge is -2.31. The van der Waals surface area contributed by atoms with Crippen LogP contribution in [0.15, 0.2) is 0 Å². The number of rotatable bonds is 2. The van der Waals surface area contributed by atoms with E-state index < -0.39 is 0 Å². The maximum absolute atomic E-state index is 11.8. The van der Waals surface area contributed by atoms with Crippen LogP contribution < -0.4 is 5.32 Å². The van der Waals surface area contributed by atoms with Gasteiger partial charge in [-0.1, -0.05) is 13.8 Å². The fraction of sp³-hybridized carbons (Fsp3) is 0.667. The minimum absolute atomic E-state index is 0. The van der Waals surface area contributed by atoms with Crippen LogP contribution in [0.1, 0.15) is 42.5 Å². The fourth-order valence-corrected chi connectivity index (χ4v) is 2.53. The monoisotopic (exact) mass is 273 g/mol. The van der Waals surface area contributed by atoms with Crippen molar-refractivity contribution in [2.45, 2.75) is 32.7 Å². The Labute approximate surface area is 113 Å². The molecule has 0 spiro atoms. The van der Waals surface area contributed by atoms with Crippen LogP contribution in [0.2, 0.25) is 0 Å². The highest BCUT2D eigenvalue weighted by molar-refractivity contribution is 5.89. The van der Waals surface area contributed by atoms with Crippen LogP contribution in [0.3, 0.4) is 0 Å². The van der Waals surface area contributed by atoms with Crippen molar-refractivity contribution in [2.24, 2.45) is 7.05 Å². The van der Waals surface area contributed by atoms with E-state index in [-0.39, 0.29) is 23.8 Å². The van der Waals surface area contributed by atoms with Crippen LogP contribution in [0, 0.1) is 0 Å². The number of ether oxygens (including phenoxy) is 1. The molecule has 1 aliphatic rings. The molecular weight excluding hydrogens is 254 g/mol. The highest BCUT2D eigenvalue weighted by Crippen LogP contribution is 2.31. The van der Waals surface area contributed by atoms with E-state index in [1.54, 1.807) is 6.92 Å². The summed E-state index contributed by atoms with van der Waals surface area (Å²) in [5.41, 5.74) is 2.53. The summed E-state index contributed by atoms with van der Waals surface area (Å²) >= 11 is 0. The van der Waals surface area contributed by atoms with Crippen molar-refractivity contribution in [3.05, 3.63) is 17.0 Å². The SMILES string of the molecule is CCOC(=O)c1nn(C)c2c1CNCC2(C)C.Cl. The van der Waals surface area contributed by atoms with Gasteiger partial charge in [0.1, 0.15) is 0 Å². The number of carbonyl (C=O) groups is 1. The summed E-state index contributed by atoms with van der Waals surface area (Å²) in [6.45, 7) is 8.04. The molecule has 6 heteroatoms. The zero-order valence-electron chi connectivity index (χ0n) is 11.2. The average molecular weight is 274 g/mol. The molecule has 0 fully saturated rings. The zero-order chi connectivity index (χ0) is 12.6. The lowest BCUT2D eigenvalue weighted by molar-refractivity contribution is 0.0517. The molecule has 0 amide bonds. The molecule has 0 aliphatic carbocycles. The average Bonchev–Trinajstić information content (AvgIpc) is 2.57. The molecule has 2 heterocycles. The summed E-state index contributed by atoms with van der Waals surface area (Å²) in [6, 6.07) is 0.